The van der Waals surface area contributed by atoms with Crippen LogP contribution in [-0.2, 0) is 6.54 Å². The summed E-state index contributed by atoms with van der Waals surface area (Å²) in [6, 6.07) is 4.85. The van der Waals surface area contributed by atoms with Crippen LogP contribution in [0.5, 0.6) is 0 Å². The molecule has 0 unspecified atom stereocenters. The van der Waals surface area contributed by atoms with Gasteiger partial charge in [0.1, 0.15) is 5.82 Å². The van der Waals surface area contributed by atoms with Gasteiger partial charge in [-0.2, -0.15) is 15.0 Å². The fraction of sp³-hybridized carbons (Fsp3) is 0.562. The fourth-order valence-electron chi connectivity index (χ4n) is 2.28. The minimum absolute atomic E-state index is 0.295. The Labute approximate surface area is 136 Å². The Hall–Kier alpha value is -1.69. The molecule has 0 saturated heterocycles. The standard InChI is InChI=1S/C16H23N5S/c1-11(2)14-17-15(20(3)4)19-16(18-14)21(12-7-8-12)10-13-6-5-9-22-13/h5-6,9,11-12H,7-8,10H2,1-4H3. The summed E-state index contributed by atoms with van der Waals surface area (Å²) in [6.07, 6.45) is 2.46. The van der Waals surface area contributed by atoms with Gasteiger partial charge < -0.3 is 9.80 Å². The summed E-state index contributed by atoms with van der Waals surface area (Å²) in [5.74, 6) is 2.72. The van der Waals surface area contributed by atoms with E-state index in [-0.39, 0.29) is 0 Å². The molecule has 1 saturated carbocycles. The SMILES string of the molecule is CC(C)c1nc(N(C)C)nc(N(Cc2cccs2)C2CC2)n1. The summed E-state index contributed by atoms with van der Waals surface area (Å²) in [5, 5.41) is 2.12. The number of aromatic nitrogens is 3. The van der Waals surface area contributed by atoms with Gasteiger partial charge in [0.15, 0.2) is 0 Å². The van der Waals surface area contributed by atoms with E-state index in [0.29, 0.717) is 12.0 Å². The Morgan fingerprint density at radius 2 is 1.91 bits per heavy atom. The van der Waals surface area contributed by atoms with E-state index in [1.165, 1.54) is 17.7 Å². The van der Waals surface area contributed by atoms with Crippen LogP contribution < -0.4 is 9.80 Å². The molecule has 0 radical (unpaired) electrons. The molecule has 0 aromatic carbocycles. The van der Waals surface area contributed by atoms with Crippen LogP contribution in [0.25, 0.3) is 0 Å². The number of hydrogen-bond donors (Lipinski definition) is 0. The molecule has 0 bridgehead atoms. The van der Waals surface area contributed by atoms with Crippen molar-refractivity contribution in [1.29, 1.82) is 0 Å². The van der Waals surface area contributed by atoms with E-state index in [2.05, 4.69) is 41.2 Å². The van der Waals surface area contributed by atoms with E-state index < -0.39 is 0 Å². The van der Waals surface area contributed by atoms with Crippen molar-refractivity contribution in [1.82, 2.24) is 15.0 Å². The highest BCUT2D eigenvalue weighted by molar-refractivity contribution is 7.09. The first-order valence-electron chi connectivity index (χ1n) is 7.77. The second-order valence-corrected chi connectivity index (χ2v) is 7.31. The van der Waals surface area contributed by atoms with Crippen LogP contribution in [0.4, 0.5) is 11.9 Å². The summed E-state index contributed by atoms with van der Waals surface area (Å²) in [4.78, 5) is 19.6. The molecule has 1 aliphatic carbocycles. The molecule has 118 valence electrons. The highest BCUT2D eigenvalue weighted by Gasteiger charge is 2.32. The van der Waals surface area contributed by atoms with E-state index in [1.807, 2.05) is 19.0 Å². The van der Waals surface area contributed by atoms with E-state index in [0.717, 1.165) is 24.3 Å². The zero-order chi connectivity index (χ0) is 15.7. The Kier molecular flexibility index (Phi) is 4.29. The van der Waals surface area contributed by atoms with Crippen molar-refractivity contribution in [3.8, 4) is 0 Å². The molecule has 2 heterocycles. The summed E-state index contributed by atoms with van der Waals surface area (Å²) in [6.45, 7) is 5.13. The molecule has 0 spiro atoms. The maximum atomic E-state index is 4.74. The van der Waals surface area contributed by atoms with Gasteiger partial charge in [-0.25, -0.2) is 0 Å². The zero-order valence-electron chi connectivity index (χ0n) is 13.7. The first kappa shape index (κ1) is 15.2. The largest absolute Gasteiger partial charge is 0.347 e. The van der Waals surface area contributed by atoms with Crippen LogP contribution in [-0.4, -0.2) is 35.1 Å². The van der Waals surface area contributed by atoms with Crippen molar-refractivity contribution in [2.24, 2.45) is 0 Å². The van der Waals surface area contributed by atoms with Crippen LogP contribution in [0.15, 0.2) is 17.5 Å². The Balaban J connectivity index is 1.95. The number of thiophene rings is 1. The first-order valence-corrected chi connectivity index (χ1v) is 8.65. The first-order chi connectivity index (χ1) is 10.5. The lowest BCUT2D eigenvalue weighted by atomic mass is 10.2. The zero-order valence-corrected chi connectivity index (χ0v) is 14.5. The van der Waals surface area contributed by atoms with Crippen LogP contribution in [0.2, 0.25) is 0 Å². The smallest absolute Gasteiger partial charge is 0.231 e. The highest BCUT2D eigenvalue weighted by atomic mass is 32.1. The quantitative estimate of drug-likeness (QED) is 0.818. The molecule has 2 aromatic rings. The molecule has 22 heavy (non-hydrogen) atoms. The van der Waals surface area contributed by atoms with Crippen molar-refractivity contribution in [3.63, 3.8) is 0 Å². The maximum absolute atomic E-state index is 4.74. The maximum Gasteiger partial charge on any atom is 0.231 e. The molecular formula is C16H23N5S. The van der Waals surface area contributed by atoms with Crippen molar-refractivity contribution >= 4 is 23.2 Å². The molecule has 0 N–H and O–H groups in total. The van der Waals surface area contributed by atoms with Gasteiger partial charge in [-0.1, -0.05) is 19.9 Å². The second kappa shape index (κ2) is 6.20. The molecule has 3 rings (SSSR count). The second-order valence-electron chi connectivity index (χ2n) is 6.28. The fourth-order valence-corrected chi connectivity index (χ4v) is 2.98. The van der Waals surface area contributed by atoms with Gasteiger partial charge in [-0.05, 0) is 24.3 Å². The van der Waals surface area contributed by atoms with E-state index in [4.69, 9.17) is 9.97 Å². The Bertz CT molecular complexity index is 593. The van der Waals surface area contributed by atoms with Crippen LogP contribution in [0.3, 0.4) is 0 Å². The molecule has 1 aliphatic rings. The highest BCUT2D eigenvalue weighted by Crippen LogP contribution is 2.32. The minimum atomic E-state index is 0.295. The molecule has 6 heteroatoms. The van der Waals surface area contributed by atoms with Crippen LogP contribution in [0, 0.1) is 0 Å². The molecule has 1 fully saturated rings. The van der Waals surface area contributed by atoms with E-state index >= 15 is 0 Å². The lowest BCUT2D eigenvalue weighted by Crippen LogP contribution is -2.28. The van der Waals surface area contributed by atoms with Crippen molar-refractivity contribution in [2.75, 3.05) is 23.9 Å². The van der Waals surface area contributed by atoms with Crippen molar-refractivity contribution < 1.29 is 0 Å². The number of hydrogen-bond acceptors (Lipinski definition) is 6. The third-order valence-electron chi connectivity index (χ3n) is 3.70. The topological polar surface area (TPSA) is 45.2 Å². The van der Waals surface area contributed by atoms with Gasteiger partial charge in [0.05, 0.1) is 6.54 Å². The molecule has 0 atom stereocenters. The van der Waals surface area contributed by atoms with Gasteiger partial charge in [0.25, 0.3) is 0 Å². The van der Waals surface area contributed by atoms with Crippen molar-refractivity contribution in [2.45, 2.75) is 45.2 Å². The Morgan fingerprint density at radius 1 is 1.18 bits per heavy atom. The molecular weight excluding hydrogens is 294 g/mol. The predicted molar refractivity (Wildman–Crippen MR) is 91.8 cm³/mol. The lowest BCUT2D eigenvalue weighted by molar-refractivity contribution is 0.710. The summed E-state index contributed by atoms with van der Waals surface area (Å²) in [5.41, 5.74) is 0. The molecule has 0 amide bonds. The molecule has 2 aromatic heterocycles. The summed E-state index contributed by atoms with van der Waals surface area (Å²) in [7, 11) is 3.95. The molecule has 5 nitrogen and oxygen atoms in total. The summed E-state index contributed by atoms with van der Waals surface area (Å²) < 4.78 is 0. The summed E-state index contributed by atoms with van der Waals surface area (Å²) >= 11 is 1.79. The van der Waals surface area contributed by atoms with Gasteiger partial charge >= 0.3 is 0 Å². The number of nitrogens with zero attached hydrogens (tertiary/aromatic N) is 5. The normalized spacial score (nSPS) is 14.4. The van der Waals surface area contributed by atoms with Gasteiger partial charge in [0, 0.05) is 30.9 Å². The minimum Gasteiger partial charge on any atom is -0.347 e. The third-order valence-corrected chi connectivity index (χ3v) is 4.56. The van der Waals surface area contributed by atoms with Gasteiger partial charge in [-0.3, -0.25) is 0 Å². The van der Waals surface area contributed by atoms with Gasteiger partial charge in [-0.15, -0.1) is 11.3 Å². The van der Waals surface area contributed by atoms with Crippen molar-refractivity contribution in [3.05, 3.63) is 28.2 Å². The van der Waals surface area contributed by atoms with Crippen LogP contribution >= 0.6 is 11.3 Å². The van der Waals surface area contributed by atoms with Crippen LogP contribution in [0.1, 0.15) is 43.3 Å². The average molecular weight is 317 g/mol. The number of rotatable bonds is 6. The third kappa shape index (κ3) is 3.38. The molecule has 0 aliphatic heterocycles. The van der Waals surface area contributed by atoms with Gasteiger partial charge in [0.2, 0.25) is 11.9 Å². The van der Waals surface area contributed by atoms with E-state index in [9.17, 15) is 0 Å². The average Bonchev–Trinajstić information content (AvgIpc) is 3.20. The van der Waals surface area contributed by atoms with E-state index in [1.54, 1.807) is 11.3 Å². The predicted octanol–water partition coefficient (Wildman–Crippen LogP) is 3.29. The lowest BCUT2D eigenvalue weighted by Gasteiger charge is -2.24. The number of anilines is 2. The Morgan fingerprint density at radius 3 is 2.45 bits per heavy atom. The monoisotopic (exact) mass is 317 g/mol.